The lowest BCUT2D eigenvalue weighted by molar-refractivity contribution is 0.282. The second-order valence-corrected chi connectivity index (χ2v) is 4.74. The third-order valence-corrected chi connectivity index (χ3v) is 3.55. The van der Waals surface area contributed by atoms with E-state index in [9.17, 15) is 0 Å². The Bertz CT molecular complexity index is 464. The van der Waals surface area contributed by atoms with Gasteiger partial charge in [-0.15, -0.1) is 11.3 Å². The highest BCUT2D eigenvalue weighted by Crippen LogP contribution is 2.18. The van der Waals surface area contributed by atoms with Gasteiger partial charge in [0.25, 0.3) is 0 Å². The molecule has 0 unspecified atom stereocenters. The minimum absolute atomic E-state index is 0.0908. The molecule has 1 aromatic heterocycles. The maximum Gasteiger partial charge on any atom is 0.0682 e. The molecule has 0 fully saturated rings. The number of aliphatic hydroxyl groups excluding tert-OH is 1. The van der Waals surface area contributed by atoms with E-state index in [2.05, 4.69) is 23.7 Å². The van der Waals surface area contributed by atoms with Crippen LogP contribution in [0.3, 0.4) is 0 Å². The fraction of sp³-hybridized carbons (Fsp3) is 0.231. The van der Waals surface area contributed by atoms with Crippen LogP contribution in [0.1, 0.15) is 16.0 Å². The first-order chi connectivity index (χ1) is 7.79. The summed E-state index contributed by atoms with van der Waals surface area (Å²) in [6.07, 6.45) is 0. The molecule has 0 aliphatic carbocycles. The van der Waals surface area contributed by atoms with E-state index in [1.165, 1.54) is 10.4 Å². The van der Waals surface area contributed by atoms with Crippen molar-refractivity contribution < 1.29 is 5.11 Å². The lowest BCUT2D eigenvalue weighted by atomic mass is 10.2. The smallest absolute Gasteiger partial charge is 0.0682 e. The molecule has 2 N–H and O–H groups in total. The van der Waals surface area contributed by atoms with Gasteiger partial charge in [0, 0.05) is 17.1 Å². The summed E-state index contributed by atoms with van der Waals surface area (Å²) in [5.41, 5.74) is 3.32. The molecule has 2 aromatic rings. The van der Waals surface area contributed by atoms with Crippen molar-refractivity contribution in [3.8, 4) is 0 Å². The van der Waals surface area contributed by atoms with Gasteiger partial charge in [-0.05, 0) is 41.6 Å². The summed E-state index contributed by atoms with van der Waals surface area (Å²) in [5, 5.41) is 14.5. The van der Waals surface area contributed by atoms with Gasteiger partial charge in [0.05, 0.1) is 6.61 Å². The first-order valence-electron chi connectivity index (χ1n) is 5.26. The summed E-state index contributed by atoms with van der Waals surface area (Å²) in [6, 6.07) is 9.99. The molecule has 0 bridgehead atoms. The Balaban J connectivity index is 2.02. The van der Waals surface area contributed by atoms with Crippen LogP contribution in [-0.4, -0.2) is 5.11 Å². The molecule has 1 heterocycles. The van der Waals surface area contributed by atoms with Gasteiger partial charge in [0.1, 0.15) is 0 Å². The Morgan fingerprint density at radius 1 is 1.31 bits per heavy atom. The second-order valence-electron chi connectivity index (χ2n) is 3.74. The molecule has 0 spiro atoms. The zero-order valence-corrected chi connectivity index (χ0v) is 10.1. The molecule has 0 saturated carbocycles. The van der Waals surface area contributed by atoms with Crippen LogP contribution in [0.15, 0.2) is 35.7 Å². The number of anilines is 1. The molecule has 0 saturated heterocycles. The lowest BCUT2D eigenvalue weighted by Gasteiger charge is -2.07. The summed E-state index contributed by atoms with van der Waals surface area (Å²) in [6.45, 7) is 3.06. The number of aliphatic hydroxyl groups is 1. The van der Waals surface area contributed by atoms with Crippen molar-refractivity contribution in [2.24, 2.45) is 0 Å². The molecular weight excluding hydrogens is 218 g/mol. The van der Waals surface area contributed by atoms with Crippen molar-refractivity contribution in [3.63, 3.8) is 0 Å². The third kappa shape index (κ3) is 2.62. The number of hydrogen-bond donors (Lipinski definition) is 2. The first-order valence-corrected chi connectivity index (χ1v) is 6.14. The number of hydrogen-bond acceptors (Lipinski definition) is 3. The van der Waals surface area contributed by atoms with Crippen molar-refractivity contribution in [1.82, 2.24) is 0 Å². The fourth-order valence-electron chi connectivity index (χ4n) is 1.55. The quantitative estimate of drug-likeness (QED) is 0.850. The third-order valence-electron chi connectivity index (χ3n) is 2.53. The lowest BCUT2D eigenvalue weighted by Crippen LogP contribution is -1.99. The molecule has 0 aliphatic rings. The average Bonchev–Trinajstić information content (AvgIpc) is 2.72. The topological polar surface area (TPSA) is 32.3 Å². The largest absolute Gasteiger partial charge is 0.392 e. The minimum atomic E-state index is 0.0908. The summed E-state index contributed by atoms with van der Waals surface area (Å²) in [5.74, 6) is 0. The molecule has 84 valence electrons. The number of rotatable bonds is 4. The van der Waals surface area contributed by atoms with Crippen molar-refractivity contribution in [2.75, 3.05) is 5.32 Å². The second kappa shape index (κ2) is 5.14. The van der Waals surface area contributed by atoms with Crippen LogP contribution in [0.5, 0.6) is 0 Å². The van der Waals surface area contributed by atoms with E-state index in [1.807, 2.05) is 24.3 Å². The molecule has 0 radical (unpaired) electrons. The molecule has 3 heteroatoms. The molecule has 0 amide bonds. The number of aryl methyl sites for hydroxylation is 1. The van der Waals surface area contributed by atoms with Gasteiger partial charge in [0.15, 0.2) is 0 Å². The summed E-state index contributed by atoms with van der Waals surface area (Å²) in [7, 11) is 0. The number of benzene rings is 1. The van der Waals surface area contributed by atoms with Gasteiger partial charge in [-0.3, -0.25) is 0 Å². The Kier molecular flexibility index (Phi) is 3.59. The van der Waals surface area contributed by atoms with E-state index in [-0.39, 0.29) is 6.61 Å². The van der Waals surface area contributed by atoms with Crippen molar-refractivity contribution in [3.05, 3.63) is 51.7 Å². The maximum absolute atomic E-state index is 9.03. The highest BCUT2D eigenvalue weighted by molar-refractivity contribution is 7.10. The summed E-state index contributed by atoms with van der Waals surface area (Å²) < 4.78 is 0. The van der Waals surface area contributed by atoms with Crippen LogP contribution in [0.2, 0.25) is 0 Å². The van der Waals surface area contributed by atoms with Gasteiger partial charge in [0.2, 0.25) is 0 Å². The molecule has 0 atom stereocenters. The predicted octanol–water partition coefficient (Wildman–Crippen LogP) is 3.16. The average molecular weight is 233 g/mol. The zero-order valence-electron chi connectivity index (χ0n) is 9.23. The first kappa shape index (κ1) is 11.2. The highest BCUT2D eigenvalue weighted by atomic mass is 32.1. The minimum Gasteiger partial charge on any atom is -0.392 e. The molecule has 16 heavy (non-hydrogen) atoms. The van der Waals surface area contributed by atoms with Crippen molar-refractivity contribution in [2.45, 2.75) is 20.1 Å². The molecule has 2 nitrogen and oxygen atoms in total. The normalized spacial score (nSPS) is 10.4. The standard InChI is InChI=1S/C13H15NOS/c1-10-5-6-16-13(10)8-14-12-4-2-3-11(7-12)9-15/h2-7,14-15H,8-9H2,1H3. The molecule has 2 rings (SSSR count). The monoisotopic (exact) mass is 233 g/mol. The van der Waals surface area contributed by atoms with Gasteiger partial charge < -0.3 is 10.4 Å². The van der Waals surface area contributed by atoms with Crippen LogP contribution in [0.25, 0.3) is 0 Å². The van der Waals surface area contributed by atoms with Crippen LogP contribution in [0.4, 0.5) is 5.69 Å². The van der Waals surface area contributed by atoms with Crippen LogP contribution in [-0.2, 0) is 13.2 Å². The van der Waals surface area contributed by atoms with Crippen LogP contribution in [0, 0.1) is 6.92 Å². The number of thiophene rings is 1. The Morgan fingerprint density at radius 2 is 2.19 bits per heavy atom. The SMILES string of the molecule is Cc1ccsc1CNc1cccc(CO)c1. The van der Waals surface area contributed by atoms with E-state index in [1.54, 1.807) is 11.3 Å². The van der Waals surface area contributed by atoms with Crippen LogP contribution >= 0.6 is 11.3 Å². The molecular formula is C13H15NOS. The zero-order chi connectivity index (χ0) is 11.4. The fourth-order valence-corrected chi connectivity index (χ4v) is 2.39. The predicted molar refractivity (Wildman–Crippen MR) is 68.7 cm³/mol. The maximum atomic E-state index is 9.03. The Hall–Kier alpha value is -1.32. The van der Waals surface area contributed by atoms with Crippen LogP contribution < -0.4 is 5.32 Å². The molecule has 1 aromatic carbocycles. The van der Waals surface area contributed by atoms with E-state index >= 15 is 0 Å². The number of nitrogens with one attached hydrogen (secondary N) is 1. The van der Waals surface area contributed by atoms with Gasteiger partial charge in [-0.2, -0.15) is 0 Å². The van der Waals surface area contributed by atoms with E-state index in [0.717, 1.165) is 17.8 Å². The molecule has 0 aliphatic heterocycles. The summed E-state index contributed by atoms with van der Waals surface area (Å²) in [4.78, 5) is 1.36. The van der Waals surface area contributed by atoms with E-state index in [0.29, 0.717) is 0 Å². The van der Waals surface area contributed by atoms with Gasteiger partial charge in [-0.1, -0.05) is 12.1 Å². The van der Waals surface area contributed by atoms with Crippen molar-refractivity contribution >= 4 is 17.0 Å². The Morgan fingerprint density at radius 3 is 2.88 bits per heavy atom. The van der Waals surface area contributed by atoms with Gasteiger partial charge in [-0.25, -0.2) is 0 Å². The van der Waals surface area contributed by atoms with E-state index in [4.69, 9.17) is 5.11 Å². The Labute approximate surface area is 99.6 Å². The highest BCUT2D eigenvalue weighted by Gasteiger charge is 1.99. The van der Waals surface area contributed by atoms with Gasteiger partial charge >= 0.3 is 0 Å². The van der Waals surface area contributed by atoms with Crippen molar-refractivity contribution in [1.29, 1.82) is 0 Å². The summed E-state index contributed by atoms with van der Waals surface area (Å²) >= 11 is 1.77. The van der Waals surface area contributed by atoms with E-state index < -0.39 is 0 Å².